The summed E-state index contributed by atoms with van der Waals surface area (Å²) in [6, 6.07) is 3.90. The van der Waals surface area contributed by atoms with Crippen LogP contribution in [0.2, 0.25) is 0 Å². The molecule has 1 aromatic heterocycles. The van der Waals surface area contributed by atoms with Crippen molar-refractivity contribution < 1.29 is 9.90 Å². The summed E-state index contributed by atoms with van der Waals surface area (Å²) in [7, 11) is 0. The van der Waals surface area contributed by atoms with Crippen LogP contribution in [-0.2, 0) is 4.79 Å². The highest BCUT2D eigenvalue weighted by Gasteiger charge is 2.35. The van der Waals surface area contributed by atoms with Crippen LogP contribution in [0.5, 0.6) is 0 Å². The van der Waals surface area contributed by atoms with Gasteiger partial charge in [0.15, 0.2) is 0 Å². The van der Waals surface area contributed by atoms with E-state index < -0.39 is 5.97 Å². The van der Waals surface area contributed by atoms with Crippen LogP contribution in [0.15, 0.2) is 24.5 Å². The predicted octanol–water partition coefficient (Wildman–Crippen LogP) is 1.66. The summed E-state index contributed by atoms with van der Waals surface area (Å²) >= 11 is 0. The van der Waals surface area contributed by atoms with Gasteiger partial charge in [0.25, 0.3) is 0 Å². The van der Waals surface area contributed by atoms with E-state index in [0.29, 0.717) is 5.92 Å². The Morgan fingerprint density at radius 1 is 1.54 bits per heavy atom. The first kappa shape index (κ1) is 8.23. The Labute approximate surface area is 76.4 Å². The minimum atomic E-state index is -0.667. The predicted molar refractivity (Wildman–Crippen MR) is 47.3 cm³/mol. The van der Waals surface area contributed by atoms with E-state index in [4.69, 9.17) is 5.11 Å². The van der Waals surface area contributed by atoms with Crippen molar-refractivity contribution >= 4 is 5.97 Å². The minimum Gasteiger partial charge on any atom is -0.481 e. The van der Waals surface area contributed by atoms with Gasteiger partial charge in [-0.1, -0.05) is 6.07 Å². The SMILES string of the molecule is O=C(O)C1CC(c2cccnc2)C1. The molecule has 0 aliphatic heterocycles. The number of aliphatic carboxylic acids is 1. The summed E-state index contributed by atoms with van der Waals surface area (Å²) in [5.41, 5.74) is 1.17. The molecule has 1 aliphatic carbocycles. The van der Waals surface area contributed by atoms with E-state index in [1.807, 2.05) is 18.3 Å². The van der Waals surface area contributed by atoms with Crippen molar-refractivity contribution in [1.82, 2.24) is 4.98 Å². The lowest BCUT2D eigenvalue weighted by Gasteiger charge is -2.32. The molecule has 1 aromatic rings. The van der Waals surface area contributed by atoms with Crippen LogP contribution in [-0.4, -0.2) is 16.1 Å². The smallest absolute Gasteiger partial charge is 0.306 e. The third kappa shape index (κ3) is 1.54. The second-order valence-corrected chi connectivity index (χ2v) is 3.49. The summed E-state index contributed by atoms with van der Waals surface area (Å²) in [6.45, 7) is 0. The molecule has 13 heavy (non-hydrogen) atoms. The molecule has 0 bridgehead atoms. The Kier molecular flexibility index (Phi) is 2.00. The third-order valence-electron chi connectivity index (χ3n) is 2.64. The Morgan fingerprint density at radius 2 is 2.31 bits per heavy atom. The van der Waals surface area contributed by atoms with Crippen molar-refractivity contribution in [2.24, 2.45) is 5.92 Å². The standard InChI is InChI=1S/C10H11NO2/c12-10(13)9-4-8(5-9)7-2-1-3-11-6-7/h1-3,6,8-9H,4-5H2,(H,12,13). The summed E-state index contributed by atoms with van der Waals surface area (Å²) < 4.78 is 0. The Bertz CT molecular complexity index is 304. The van der Waals surface area contributed by atoms with Gasteiger partial charge in [-0.05, 0) is 30.4 Å². The summed E-state index contributed by atoms with van der Waals surface area (Å²) in [5.74, 6) is -0.389. The number of hydrogen-bond acceptors (Lipinski definition) is 2. The van der Waals surface area contributed by atoms with Crippen LogP contribution in [0.25, 0.3) is 0 Å². The lowest BCUT2D eigenvalue weighted by atomic mass is 9.72. The fourth-order valence-electron chi connectivity index (χ4n) is 1.71. The average molecular weight is 177 g/mol. The van der Waals surface area contributed by atoms with Gasteiger partial charge in [-0.25, -0.2) is 0 Å². The van der Waals surface area contributed by atoms with Crippen LogP contribution in [0, 0.1) is 5.92 Å². The molecule has 1 saturated carbocycles. The van der Waals surface area contributed by atoms with E-state index in [1.54, 1.807) is 6.20 Å². The molecule has 2 rings (SSSR count). The van der Waals surface area contributed by atoms with Gasteiger partial charge >= 0.3 is 5.97 Å². The molecule has 0 atom stereocenters. The Balaban J connectivity index is 1.98. The third-order valence-corrected chi connectivity index (χ3v) is 2.64. The van der Waals surface area contributed by atoms with Crippen molar-refractivity contribution in [2.75, 3.05) is 0 Å². The number of pyridine rings is 1. The molecule has 68 valence electrons. The van der Waals surface area contributed by atoms with Crippen LogP contribution < -0.4 is 0 Å². The summed E-state index contributed by atoms with van der Waals surface area (Å²) in [5, 5.41) is 8.68. The molecule has 0 radical (unpaired) electrons. The van der Waals surface area contributed by atoms with Gasteiger partial charge in [-0.3, -0.25) is 9.78 Å². The number of nitrogens with zero attached hydrogens (tertiary/aromatic N) is 1. The molecule has 3 nitrogen and oxygen atoms in total. The highest BCUT2D eigenvalue weighted by Crippen LogP contribution is 2.41. The second kappa shape index (κ2) is 3.17. The van der Waals surface area contributed by atoms with Crippen LogP contribution in [0.1, 0.15) is 24.3 Å². The monoisotopic (exact) mass is 177 g/mol. The van der Waals surface area contributed by atoms with Crippen LogP contribution in [0.3, 0.4) is 0 Å². The first-order valence-corrected chi connectivity index (χ1v) is 4.40. The zero-order chi connectivity index (χ0) is 9.26. The molecular formula is C10H11NO2. The van der Waals surface area contributed by atoms with E-state index in [-0.39, 0.29) is 5.92 Å². The maximum absolute atomic E-state index is 10.5. The first-order valence-electron chi connectivity index (χ1n) is 4.40. The summed E-state index contributed by atoms with van der Waals surface area (Å²) in [4.78, 5) is 14.6. The molecule has 0 saturated heterocycles. The lowest BCUT2D eigenvalue weighted by Crippen LogP contribution is -2.28. The van der Waals surface area contributed by atoms with Gasteiger partial charge in [0.05, 0.1) is 5.92 Å². The van der Waals surface area contributed by atoms with Crippen LogP contribution in [0.4, 0.5) is 0 Å². The molecule has 1 N–H and O–H groups in total. The van der Waals surface area contributed by atoms with Crippen molar-refractivity contribution in [1.29, 1.82) is 0 Å². The lowest BCUT2D eigenvalue weighted by molar-refractivity contribution is -0.145. The quantitative estimate of drug-likeness (QED) is 0.747. The molecule has 3 heteroatoms. The van der Waals surface area contributed by atoms with Gasteiger partial charge < -0.3 is 5.11 Å². The van der Waals surface area contributed by atoms with Crippen molar-refractivity contribution in [3.63, 3.8) is 0 Å². The van der Waals surface area contributed by atoms with E-state index >= 15 is 0 Å². The molecule has 0 aromatic carbocycles. The fraction of sp³-hybridized carbons (Fsp3) is 0.400. The maximum Gasteiger partial charge on any atom is 0.306 e. The normalized spacial score (nSPS) is 26.5. The van der Waals surface area contributed by atoms with Gasteiger partial charge in [0.2, 0.25) is 0 Å². The molecule has 1 fully saturated rings. The van der Waals surface area contributed by atoms with E-state index in [1.165, 1.54) is 5.56 Å². The number of carboxylic acid groups (broad SMARTS) is 1. The second-order valence-electron chi connectivity index (χ2n) is 3.49. The molecule has 1 heterocycles. The topological polar surface area (TPSA) is 50.2 Å². The van der Waals surface area contributed by atoms with Crippen molar-refractivity contribution in [3.8, 4) is 0 Å². The maximum atomic E-state index is 10.5. The average Bonchev–Trinajstić information content (AvgIpc) is 2.02. The zero-order valence-corrected chi connectivity index (χ0v) is 7.18. The number of aromatic nitrogens is 1. The fourth-order valence-corrected chi connectivity index (χ4v) is 1.71. The van der Waals surface area contributed by atoms with E-state index in [2.05, 4.69) is 4.98 Å². The number of hydrogen-bond donors (Lipinski definition) is 1. The molecule has 1 aliphatic rings. The van der Waals surface area contributed by atoms with Crippen molar-refractivity contribution in [2.45, 2.75) is 18.8 Å². The number of rotatable bonds is 2. The van der Waals surface area contributed by atoms with Gasteiger partial charge in [-0.2, -0.15) is 0 Å². The molecule has 0 amide bonds. The van der Waals surface area contributed by atoms with Crippen molar-refractivity contribution in [3.05, 3.63) is 30.1 Å². The molecule has 0 spiro atoms. The van der Waals surface area contributed by atoms with E-state index in [0.717, 1.165) is 12.8 Å². The van der Waals surface area contributed by atoms with Crippen LogP contribution >= 0.6 is 0 Å². The summed E-state index contributed by atoms with van der Waals surface area (Å²) in [6.07, 6.45) is 5.08. The molecule has 0 unspecified atom stereocenters. The molecular weight excluding hydrogens is 166 g/mol. The largest absolute Gasteiger partial charge is 0.481 e. The first-order chi connectivity index (χ1) is 6.27. The number of carbonyl (C=O) groups is 1. The Hall–Kier alpha value is -1.38. The highest BCUT2D eigenvalue weighted by molar-refractivity contribution is 5.71. The highest BCUT2D eigenvalue weighted by atomic mass is 16.4. The Morgan fingerprint density at radius 3 is 2.85 bits per heavy atom. The van der Waals surface area contributed by atoms with Gasteiger partial charge in [-0.15, -0.1) is 0 Å². The van der Waals surface area contributed by atoms with Gasteiger partial charge in [0, 0.05) is 12.4 Å². The zero-order valence-electron chi connectivity index (χ0n) is 7.18. The van der Waals surface area contributed by atoms with E-state index in [9.17, 15) is 4.79 Å². The van der Waals surface area contributed by atoms with Gasteiger partial charge in [0.1, 0.15) is 0 Å². The number of carboxylic acids is 1. The minimum absolute atomic E-state index is 0.134.